The fourth-order valence-electron chi connectivity index (χ4n) is 2.20. The van der Waals surface area contributed by atoms with Crippen LogP contribution in [-0.4, -0.2) is 44.7 Å². The number of Topliss-reactive ketones (excluding diaryl/α,β-unsaturated/α-hetero) is 1. The van der Waals surface area contributed by atoms with Crippen molar-refractivity contribution < 1.29 is 51.3 Å². The van der Waals surface area contributed by atoms with E-state index in [0.717, 1.165) is 10.0 Å². The molecule has 1 unspecified atom stereocenters. The van der Waals surface area contributed by atoms with E-state index in [1.807, 2.05) is 0 Å². The van der Waals surface area contributed by atoms with E-state index in [-0.39, 0.29) is 11.1 Å². The SMILES string of the molecule is COc1cc(C(C)=O)cc(OC)c1Br.COc1cc(C(C)O)cc(OC)c1Br.ClCCl.[O]=[Mn]=[O]. The topological polar surface area (TPSA) is 108 Å². The average Bonchev–Trinajstić information content (AvgIpc) is 2.80. The molecule has 1 atom stereocenters. The van der Waals surface area contributed by atoms with E-state index >= 15 is 0 Å². The van der Waals surface area contributed by atoms with Gasteiger partial charge in [0.1, 0.15) is 31.9 Å². The van der Waals surface area contributed by atoms with Crippen LogP contribution in [0.25, 0.3) is 0 Å². The molecule has 2 aromatic carbocycles. The van der Waals surface area contributed by atoms with Gasteiger partial charge in [-0.05, 0) is 75.5 Å². The number of hydrogen-bond acceptors (Lipinski definition) is 8. The van der Waals surface area contributed by atoms with Gasteiger partial charge < -0.3 is 24.1 Å². The van der Waals surface area contributed by atoms with Crippen molar-refractivity contribution in [3.8, 4) is 23.0 Å². The van der Waals surface area contributed by atoms with Crippen molar-refractivity contribution >= 4 is 60.8 Å². The molecule has 2 rings (SSSR count). The van der Waals surface area contributed by atoms with Gasteiger partial charge in [0.15, 0.2) is 5.78 Å². The summed E-state index contributed by atoms with van der Waals surface area (Å²) < 4.78 is 38.8. The maximum absolute atomic E-state index is 11.2. The van der Waals surface area contributed by atoms with E-state index in [9.17, 15) is 9.90 Å². The minimum atomic E-state index is -1.44. The van der Waals surface area contributed by atoms with Crippen molar-refractivity contribution in [1.82, 2.24) is 0 Å². The van der Waals surface area contributed by atoms with Crippen LogP contribution >= 0.6 is 55.1 Å². The molecule has 8 nitrogen and oxygen atoms in total. The summed E-state index contributed by atoms with van der Waals surface area (Å²) in [5.74, 6) is 2.47. The molecule has 34 heavy (non-hydrogen) atoms. The minimum absolute atomic E-state index is 0.0194. The summed E-state index contributed by atoms with van der Waals surface area (Å²) in [7, 11) is 6.24. The first-order chi connectivity index (χ1) is 16.0. The molecular weight excluding hydrogens is 666 g/mol. The number of methoxy groups -OCH3 is 4. The summed E-state index contributed by atoms with van der Waals surface area (Å²) in [6.45, 7) is 3.20. The molecule has 193 valence electrons. The second-order valence-corrected chi connectivity index (χ2v) is 8.42. The number of alkyl halides is 2. The predicted octanol–water partition coefficient (Wildman–Crippen LogP) is 6.37. The van der Waals surface area contributed by atoms with E-state index in [2.05, 4.69) is 31.9 Å². The van der Waals surface area contributed by atoms with Gasteiger partial charge >= 0.3 is 22.5 Å². The zero-order chi connectivity index (χ0) is 26.8. The number of ether oxygens (including phenoxy) is 4. The fraction of sp³-hybridized carbons (Fsp3) is 0.381. The molecule has 0 spiro atoms. The standard InChI is InChI=1S/C10H13BrO3.C10H11BrO3.CH2Cl2.Mn.2O/c2*1-6(12)7-4-8(13-2)10(11)9(5-7)14-3;2-1-3;;;/h4-6,12H,1-3H3;4-5H,1-3H3;1H2;;;. The molecule has 0 heterocycles. The molecule has 0 aliphatic rings. The van der Waals surface area contributed by atoms with Crippen molar-refractivity contribution in [2.75, 3.05) is 33.8 Å². The second-order valence-electron chi connectivity index (χ2n) is 5.83. The van der Waals surface area contributed by atoms with Crippen molar-refractivity contribution in [3.05, 3.63) is 44.3 Å². The van der Waals surface area contributed by atoms with Crippen molar-refractivity contribution in [1.29, 1.82) is 0 Å². The van der Waals surface area contributed by atoms with Crippen LogP contribution < -0.4 is 18.9 Å². The third kappa shape index (κ3) is 12.6. The van der Waals surface area contributed by atoms with Gasteiger partial charge in [-0.3, -0.25) is 4.79 Å². The van der Waals surface area contributed by atoms with Gasteiger partial charge in [-0.2, -0.15) is 0 Å². The summed E-state index contributed by atoms with van der Waals surface area (Å²) >= 11 is 14.8. The molecular formula is C21H26Br2Cl2MnO8. The predicted molar refractivity (Wildman–Crippen MR) is 133 cm³/mol. The van der Waals surface area contributed by atoms with E-state index in [1.165, 1.54) is 6.92 Å². The molecule has 0 saturated heterocycles. The number of carbonyl (C=O) groups excluding carboxylic acids is 1. The molecule has 0 fully saturated rings. The van der Waals surface area contributed by atoms with Crippen molar-refractivity contribution in [3.63, 3.8) is 0 Å². The van der Waals surface area contributed by atoms with Crippen LogP contribution in [0.2, 0.25) is 0 Å². The number of carbonyl (C=O) groups is 1. The van der Waals surface area contributed by atoms with Crippen LogP contribution in [0.1, 0.15) is 35.9 Å². The number of halogens is 4. The first-order valence-electron chi connectivity index (χ1n) is 9.06. The van der Waals surface area contributed by atoms with Crippen molar-refractivity contribution in [2.24, 2.45) is 0 Å². The van der Waals surface area contributed by atoms with E-state index in [0.29, 0.717) is 33.0 Å². The number of benzene rings is 2. The maximum atomic E-state index is 11.2. The van der Waals surface area contributed by atoms with Gasteiger partial charge in [-0.1, -0.05) is 0 Å². The van der Waals surface area contributed by atoms with Gasteiger partial charge in [0, 0.05) is 5.56 Å². The van der Waals surface area contributed by atoms with Gasteiger partial charge in [-0.15, -0.1) is 23.2 Å². The molecule has 13 heteroatoms. The molecule has 2 aromatic rings. The average molecular weight is 692 g/mol. The molecule has 0 aliphatic heterocycles. The molecule has 0 aromatic heterocycles. The molecule has 0 bridgehead atoms. The Bertz CT molecular complexity index is 889. The number of hydrogen-bond donors (Lipinski definition) is 1. The van der Waals surface area contributed by atoms with Crippen LogP contribution in [0.5, 0.6) is 23.0 Å². The van der Waals surface area contributed by atoms with Gasteiger partial charge in [0.2, 0.25) is 0 Å². The Kier molecular flexibility index (Phi) is 20.8. The van der Waals surface area contributed by atoms with Crippen LogP contribution in [0.15, 0.2) is 33.2 Å². The summed E-state index contributed by atoms with van der Waals surface area (Å²) in [5, 5.41) is 9.62. The quantitative estimate of drug-likeness (QED) is 0.212. The van der Waals surface area contributed by atoms with Crippen LogP contribution in [0.3, 0.4) is 0 Å². The van der Waals surface area contributed by atoms with Crippen LogP contribution in [-0.2, 0) is 22.5 Å². The third-order valence-electron chi connectivity index (χ3n) is 3.80. The first-order valence-corrected chi connectivity index (χ1v) is 12.7. The number of aliphatic hydroxyl groups excluding tert-OH is 1. The zero-order valence-corrected chi connectivity index (χ0v) is 25.2. The summed E-state index contributed by atoms with van der Waals surface area (Å²) in [6.07, 6.45) is -0.536. The third-order valence-corrected chi connectivity index (χ3v) is 5.37. The van der Waals surface area contributed by atoms with Gasteiger partial charge in [-0.25, -0.2) is 0 Å². The van der Waals surface area contributed by atoms with Crippen LogP contribution in [0, 0.1) is 0 Å². The molecule has 0 aliphatic carbocycles. The Morgan fingerprint density at radius 3 is 1.35 bits per heavy atom. The van der Waals surface area contributed by atoms with E-state index in [4.69, 9.17) is 49.8 Å². The Morgan fingerprint density at radius 1 is 0.882 bits per heavy atom. The molecule has 0 saturated carbocycles. The number of rotatable bonds is 6. The first kappa shape index (κ1) is 35.1. The van der Waals surface area contributed by atoms with E-state index in [1.54, 1.807) is 59.6 Å². The summed E-state index contributed by atoms with van der Waals surface area (Å²) in [5.41, 5.74) is 1.34. The Morgan fingerprint density at radius 2 is 1.15 bits per heavy atom. The second kappa shape index (κ2) is 20.2. The number of ketones is 1. The van der Waals surface area contributed by atoms with Crippen LogP contribution in [0.4, 0.5) is 0 Å². The monoisotopic (exact) mass is 689 g/mol. The Balaban J connectivity index is 0. The van der Waals surface area contributed by atoms with Gasteiger partial charge in [0.25, 0.3) is 0 Å². The van der Waals surface area contributed by atoms with Crippen molar-refractivity contribution in [2.45, 2.75) is 20.0 Å². The zero-order valence-electron chi connectivity index (χ0n) is 19.3. The van der Waals surface area contributed by atoms with Gasteiger partial charge in [0.05, 0.1) is 39.9 Å². The summed E-state index contributed by atoms with van der Waals surface area (Å²) in [4.78, 5) is 11.2. The normalized spacial score (nSPS) is 9.97. The molecule has 0 radical (unpaired) electrons. The Labute approximate surface area is 232 Å². The fourth-order valence-corrected chi connectivity index (χ4v) is 3.31. The molecule has 1 N–H and O–H groups in total. The Hall–Kier alpha value is -1.07. The number of aliphatic hydroxyl groups is 1. The molecule has 0 amide bonds. The summed E-state index contributed by atoms with van der Waals surface area (Å²) in [6, 6.07) is 6.90. The van der Waals surface area contributed by atoms with E-state index < -0.39 is 20.9 Å².